The van der Waals surface area contributed by atoms with Gasteiger partial charge in [0, 0.05) is 19.9 Å². The Balaban J connectivity index is 0.00000302. The third-order valence-electron chi connectivity index (χ3n) is 14.1. The predicted octanol–water partition coefficient (Wildman–Crippen LogP) is 5.41. The van der Waals surface area contributed by atoms with Gasteiger partial charge in [0.25, 0.3) is 0 Å². The third kappa shape index (κ3) is 3.78. The summed E-state index contributed by atoms with van der Waals surface area (Å²) >= 11 is 0. The van der Waals surface area contributed by atoms with Crippen LogP contribution in [-0.4, -0.2) is 77.5 Å². The molecule has 0 radical (unpaired) electrons. The lowest BCUT2D eigenvalue weighted by atomic mass is 9.46. The zero-order chi connectivity index (χ0) is 28.3. The zero-order valence-corrected chi connectivity index (χ0v) is 25.5. The molecule has 2 heterocycles. The molecular formula is C33H55NO6. The van der Waals surface area contributed by atoms with Gasteiger partial charge in [-0.3, -0.25) is 0 Å². The second-order valence-corrected chi connectivity index (χ2v) is 16.4. The summed E-state index contributed by atoms with van der Waals surface area (Å²) in [7, 11) is 0. The Morgan fingerprint density at radius 1 is 0.975 bits per heavy atom. The molecule has 0 aromatic heterocycles. The number of ether oxygens (including phenoxy) is 3. The quantitative estimate of drug-likeness (QED) is 0.479. The number of hydrogen-bond donors (Lipinski definition) is 2. The molecule has 2 saturated heterocycles. The van der Waals surface area contributed by atoms with E-state index in [2.05, 4.69) is 20.8 Å². The first-order chi connectivity index (χ1) is 18.8. The molecule has 0 aromatic rings. The molecule has 5 aliphatic carbocycles. The molecule has 40 heavy (non-hydrogen) atoms. The number of carbonyl (C=O) groups is 1. The van der Waals surface area contributed by atoms with Gasteiger partial charge >= 0.3 is 6.09 Å². The largest absolute Gasteiger partial charge is 0.446 e. The molecule has 5 saturated carbocycles. The van der Waals surface area contributed by atoms with Crippen molar-refractivity contribution in [2.24, 2.45) is 45.3 Å². The van der Waals surface area contributed by atoms with Crippen molar-refractivity contribution in [3.05, 3.63) is 0 Å². The average molecular weight is 562 g/mol. The summed E-state index contributed by atoms with van der Waals surface area (Å²) in [6.45, 7) is 13.2. The number of nitrogens with zero attached hydrogens (tertiary/aromatic N) is 1. The van der Waals surface area contributed by atoms with E-state index in [-0.39, 0.29) is 31.2 Å². The van der Waals surface area contributed by atoms with E-state index in [0.29, 0.717) is 60.3 Å². The van der Waals surface area contributed by atoms with Crippen LogP contribution in [0.3, 0.4) is 0 Å². The fourth-order valence-corrected chi connectivity index (χ4v) is 12.1. The van der Waals surface area contributed by atoms with Crippen molar-refractivity contribution < 1.29 is 30.6 Å². The molecule has 2 aliphatic heterocycles. The highest BCUT2D eigenvalue weighted by Gasteiger charge is 2.81. The van der Waals surface area contributed by atoms with Crippen molar-refractivity contribution in [2.45, 2.75) is 129 Å². The molecule has 7 fully saturated rings. The normalized spacial score (nSPS) is 50.0. The molecule has 1 amide bonds. The number of rotatable bonds is 3. The van der Waals surface area contributed by atoms with Gasteiger partial charge in [-0.15, -0.1) is 0 Å². The Bertz CT molecular complexity index is 1030. The highest BCUT2D eigenvalue weighted by molar-refractivity contribution is 5.68. The second-order valence-electron chi connectivity index (χ2n) is 16.4. The molecule has 7 rings (SSSR count). The molecule has 0 aromatic carbocycles. The maximum absolute atomic E-state index is 13.0. The maximum atomic E-state index is 13.0. The number of aliphatic hydroxyl groups excluding tert-OH is 1. The monoisotopic (exact) mass is 561 g/mol. The fraction of sp³-hybridized carbons (Fsp3) is 0.970. The highest BCUT2D eigenvalue weighted by Crippen LogP contribution is 2.87. The summed E-state index contributed by atoms with van der Waals surface area (Å²) in [5.41, 5.74) is 0.0373. The second kappa shape index (κ2) is 9.06. The van der Waals surface area contributed by atoms with E-state index in [1.165, 1.54) is 38.5 Å². The lowest BCUT2D eigenvalue weighted by Crippen LogP contribution is -2.56. The number of aliphatic hydroxyl groups is 2. The smallest absolute Gasteiger partial charge is 0.410 e. The average Bonchev–Trinajstić information content (AvgIpc) is 3.49. The van der Waals surface area contributed by atoms with E-state index in [1.54, 1.807) is 13.8 Å². The Hall–Kier alpha value is -0.890. The molecule has 0 bridgehead atoms. The topological polar surface area (TPSA) is 88.5 Å². The van der Waals surface area contributed by atoms with Gasteiger partial charge in [-0.1, -0.05) is 20.8 Å². The first kappa shape index (κ1) is 27.9. The van der Waals surface area contributed by atoms with Crippen molar-refractivity contribution in [3.8, 4) is 0 Å². The Morgan fingerprint density at radius 2 is 1.70 bits per heavy atom. The van der Waals surface area contributed by atoms with Gasteiger partial charge < -0.3 is 29.3 Å². The Kier molecular flexibility index (Phi) is 6.32. The van der Waals surface area contributed by atoms with Crippen molar-refractivity contribution >= 4 is 6.09 Å². The van der Waals surface area contributed by atoms with E-state index in [1.807, 2.05) is 4.90 Å². The number of carbonyl (C=O) groups excluding carboxylic acids is 1. The minimum atomic E-state index is -1.14. The summed E-state index contributed by atoms with van der Waals surface area (Å²) in [5.74, 6) is 2.63. The fourth-order valence-electron chi connectivity index (χ4n) is 12.1. The van der Waals surface area contributed by atoms with Gasteiger partial charge in [0.2, 0.25) is 0 Å². The minimum absolute atomic E-state index is 0. The van der Waals surface area contributed by atoms with E-state index < -0.39 is 11.7 Å². The van der Waals surface area contributed by atoms with Gasteiger partial charge in [0.05, 0.1) is 31.0 Å². The summed E-state index contributed by atoms with van der Waals surface area (Å²) in [6, 6.07) is 0. The van der Waals surface area contributed by atoms with Crippen LogP contribution in [0.5, 0.6) is 0 Å². The van der Waals surface area contributed by atoms with E-state index in [0.717, 1.165) is 31.6 Å². The number of hydrogen-bond acceptors (Lipinski definition) is 6. The van der Waals surface area contributed by atoms with E-state index in [9.17, 15) is 15.0 Å². The summed E-state index contributed by atoms with van der Waals surface area (Å²) in [5, 5.41) is 21.3. The van der Waals surface area contributed by atoms with Crippen molar-refractivity contribution in [1.82, 2.24) is 4.90 Å². The molecule has 7 aliphatic rings. The number of amides is 1. The number of fused-ring (bicyclic) bond motifs is 4. The van der Waals surface area contributed by atoms with Crippen LogP contribution in [0, 0.1) is 45.3 Å². The molecule has 2 spiro atoms. The van der Waals surface area contributed by atoms with Crippen LogP contribution in [0.2, 0.25) is 0 Å². The van der Waals surface area contributed by atoms with Crippen LogP contribution in [0.4, 0.5) is 4.79 Å². The molecular weight excluding hydrogens is 506 g/mol. The SMILES string of the molecule is CC12CC[C@@]34C[C@@]35CC[C@H](OC(=O)N3CCOCC3)C(C)(C)C5CCC4C1CC1OC([C@H](O)C(C)(C)O)CCC12.[HH]. The van der Waals surface area contributed by atoms with E-state index >= 15 is 0 Å². The van der Waals surface area contributed by atoms with Gasteiger partial charge in [0.1, 0.15) is 12.2 Å². The first-order valence-corrected chi connectivity index (χ1v) is 16.4. The molecule has 7 heteroatoms. The predicted molar refractivity (Wildman–Crippen MR) is 153 cm³/mol. The van der Waals surface area contributed by atoms with Crippen LogP contribution in [0.1, 0.15) is 100 Å². The molecule has 2 N–H and O–H groups in total. The van der Waals surface area contributed by atoms with Crippen LogP contribution < -0.4 is 0 Å². The minimum Gasteiger partial charge on any atom is -0.446 e. The first-order valence-electron chi connectivity index (χ1n) is 16.4. The maximum Gasteiger partial charge on any atom is 0.410 e. The van der Waals surface area contributed by atoms with Crippen LogP contribution >= 0.6 is 0 Å². The lowest BCUT2D eigenvalue weighted by Gasteiger charge is -2.59. The van der Waals surface area contributed by atoms with E-state index in [4.69, 9.17) is 14.2 Å². The third-order valence-corrected chi connectivity index (χ3v) is 14.1. The lowest BCUT2D eigenvalue weighted by molar-refractivity contribution is -0.177. The van der Waals surface area contributed by atoms with Crippen molar-refractivity contribution in [3.63, 3.8) is 0 Å². The number of morpholine rings is 1. The van der Waals surface area contributed by atoms with Gasteiger partial charge in [-0.05, 0) is 118 Å². The Labute approximate surface area is 242 Å². The standard InChI is InChI=1S/C33H53NO6.H2/c1-29(2)25-9-7-20-22-18-24-21(6-8-23(39-24)27(35)30(3,4)37)31(22,5)12-13-32(20)19-33(25,32)11-10-26(29)40-28(36)34-14-16-38-17-15-34;/h20-27,35,37H,6-19H2,1-5H3;1H/t20?,21?,22?,23?,24?,25?,26-,27-,31?,32-,33+;/m0./s1. The van der Waals surface area contributed by atoms with Crippen LogP contribution in [0.15, 0.2) is 0 Å². The van der Waals surface area contributed by atoms with Gasteiger partial charge in [0.15, 0.2) is 0 Å². The summed E-state index contributed by atoms with van der Waals surface area (Å²) in [6.07, 6.45) is 10.7. The molecule has 7 nitrogen and oxygen atoms in total. The van der Waals surface area contributed by atoms with Crippen LogP contribution in [0.25, 0.3) is 0 Å². The summed E-state index contributed by atoms with van der Waals surface area (Å²) < 4.78 is 18.4. The van der Waals surface area contributed by atoms with Crippen molar-refractivity contribution in [1.29, 1.82) is 0 Å². The zero-order valence-electron chi connectivity index (χ0n) is 25.5. The van der Waals surface area contributed by atoms with Gasteiger partial charge in [-0.2, -0.15) is 0 Å². The van der Waals surface area contributed by atoms with Crippen molar-refractivity contribution in [2.75, 3.05) is 26.3 Å². The molecule has 228 valence electrons. The highest BCUT2D eigenvalue weighted by atomic mass is 16.6. The Morgan fingerprint density at radius 3 is 2.42 bits per heavy atom. The molecule has 11 atom stereocenters. The van der Waals surface area contributed by atoms with Crippen LogP contribution in [-0.2, 0) is 14.2 Å². The summed E-state index contributed by atoms with van der Waals surface area (Å²) in [4.78, 5) is 14.9. The van der Waals surface area contributed by atoms with Gasteiger partial charge in [-0.25, -0.2) is 4.79 Å². The molecule has 7 unspecified atom stereocenters.